The zero-order valence-electron chi connectivity index (χ0n) is 8.53. The molecule has 0 rings (SSSR count). The third kappa shape index (κ3) is 4.71. The normalized spacial score (nSPS) is 12.5. The van der Waals surface area contributed by atoms with Crippen LogP contribution in [0.2, 0.25) is 0 Å². The molecule has 0 aliphatic carbocycles. The van der Waals surface area contributed by atoms with Gasteiger partial charge in [0.2, 0.25) is 0 Å². The van der Waals surface area contributed by atoms with E-state index in [2.05, 4.69) is 16.3 Å². The molecular formula is C9H14N2O2S. The van der Waals surface area contributed by atoms with Crippen LogP contribution in [0, 0.1) is 0 Å². The van der Waals surface area contributed by atoms with Gasteiger partial charge < -0.3 is 10.5 Å². The summed E-state index contributed by atoms with van der Waals surface area (Å²) < 4.78 is 4.54. The summed E-state index contributed by atoms with van der Waals surface area (Å²) in [5.74, 6) is -0.523. The first-order chi connectivity index (χ1) is 6.51. The number of allylic oxidation sites excluding steroid dienone is 1. The van der Waals surface area contributed by atoms with Crippen LogP contribution in [0.25, 0.3) is 0 Å². The Morgan fingerprint density at radius 1 is 1.64 bits per heavy atom. The van der Waals surface area contributed by atoms with Gasteiger partial charge in [0.25, 0.3) is 0 Å². The average Bonchev–Trinajstić information content (AvgIpc) is 2.14. The predicted octanol–water partition coefficient (Wildman–Crippen LogP) is 1.30. The van der Waals surface area contributed by atoms with E-state index in [4.69, 9.17) is 5.73 Å². The molecule has 14 heavy (non-hydrogen) atoms. The van der Waals surface area contributed by atoms with Crippen LogP contribution in [0.5, 0.6) is 0 Å². The summed E-state index contributed by atoms with van der Waals surface area (Å²) in [6.45, 7) is 5.30. The highest BCUT2D eigenvalue weighted by atomic mass is 32.2. The van der Waals surface area contributed by atoms with Crippen molar-refractivity contribution in [2.45, 2.75) is 6.92 Å². The number of hydrogen-bond donors (Lipinski definition) is 1. The molecule has 0 atom stereocenters. The molecule has 0 spiro atoms. The van der Waals surface area contributed by atoms with E-state index in [-0.39, 0.29) is 5.71 Å². The van der Waals surface area contributed by atoms with Gasteiger partial charge in [0.05, 0.1) is 12.1 Å². The van der Waals surface area contributed by atoms with Gasteiger partial charge in [-0.15, -0.1) is 11.8 Å². The molecule has 0 fully saturated rings. The lowest BCUT2D eigenvalue weighted by Gasteiger charge is -2.00. The molecule has 2 N–H and O–H groups in total. The van der Waals surface area contributed by atoms with E-state index in [0.717, 1.165) is 0 Å². The van der Waals surface area contributed by atoms with Crippen LogP contribution >= 0.6 is 11.8 Å². The summed E-state index contributed by atoms with van der Waals surface area (Å²) in [6, 6.07) is 0. The first kappa shape index (κ1) is 12.8. The first-order valence-corrected chi connectivity index (χ1v) is 5.07. The van der Waals surface area contributed by atoms with Gasteiger partial charge in [0.15, 0.2) is 5.71 Å². The fourth-order valence-corrected chi connectivity index (χ4v) is 0.827. The molecule has 0 radical (unpaired) electrons. The van der Waals surface area contributed by atoms with E-state index >= 15 is 0 Å². The van der Waals surface area contributed by atoms with E-state index in [1.54, 1.807) is 6.92 Å². The molecule has 0 aliphatic rings. The van der Waals surface area contributed by atoms with Crippen LogP contribution < -0.4 is 5.73 Å². The van der Waals surface area contributed by atoms with Crippen LogP contribution in [0.3, 0.4) is 0 Å². The number of methoxy groups -OCH3 is 1. The lowest BCUT2D eigenvalue weighted by Crippen LogP contribution is -2.15. The van der Waals surface area contributed by atoms with Gasteiger partial charge in [0, 0.05) is 5.70 Å². The highest BCUT2D eigenvalue weighted by Crippen LogP contribution is 2.10. The highest BCUT2D eigenvalue weighted by Gasteiger charge is 2.08. The highest BCUT2D eigenvalue weighted by molar-refractivity contribution is 8.02. The van der Waals surface area contributed by atoms with Gasteiger partial charge in [-0.3, -0.25) is 0 Å². The second-order valence-electron chi connectivity index (χ2n) is 2.47. The van der Waals surface area contributed by atoms with E-state index in [1.165, 1.54) is 24.9 Å². The third-order valence-electron chi connectivity index (χ3n) is 1.24. The maximum atomic E-state index is 11.2. The smallest absolute Gasteiger partial charge is 0.356 e. The average molecular weight is 214 g/mol. The number of esters is 1. The van der Waals surface area contributed by atoms with Crippen molar-refractivity contribution in [2.75, 3.05) is 13.4 Å². The summed E-state index contributed by atoms with van der Waals surface area (Å²) >= 11 is 1.35. The summed E-state index contributed by atoms with van der Waals surface area (Å²) in [5.41, 5.74) is 6.09. The molecule has 0 unspecified atom stereocenters. The standard InChI is InChI=1S/C9H14N2O2S/c1-6(10)5-8(9(12)13-3)11-7(2)14-4/h5H,2,10H2,1,3-4H3/b6-5-,11-8?. The molecule has 0 aromatic carbocycles. The zero-order valence-corrected chi connectivity index (χ0v) is 9.35. The second-order valence-corrected chi connectivity index (χ2v) is 3.35. The number of carbonyl (C=O) groups is 1. The molecule has 0 saturated heterocycles. The Morgan fingerprint density at radius 3 is 2.57 bits per heavy atom. The molecule has 4 nitrogen and oxygen atoms in total. The predicted molar refractivity (Wildman–Crippen MR) is 60.1 cm³/mol. The number of rotatable bonds is 4. The number of nitrogens with two attached hydrogens (primary N) is 1. The monoisotopic (exact) mass is 214 g/mol. The van der Waals surface area contributed by atoms with Gasteiger partial charge in [-0.25, -0.2) is 9.79 Å². The van der Waals surface area contributed by atoms with Gasteiger partial charge in [-0.05, 0) is 19.3 Å². The first-order valence-electron chi connectivity index (χ1n) is 3.85. The van der Waals surface area contributed by atoms with Gasteiger partial charge >= 0.3 is 5.97 Å². The molecule has 0 bridgehead atoms. The third-order valence-corrected chi connectivity index (χ3v) is 1.80. The molecule has 0 aliphatic heterocycles. The Bertz CT molecular complexity index is 291. The number of nitrogens with zero attached hydrogens (tertiary/aromatic N) is 1. The Labute approximate surface area is 87.9 Å². The lowest BCUT2D eigenvalue weighted by molar-refractivity contribution is -0.132. The number of hydrogen-bond acceptors (Lipinski definition) is 5. The molecule has 0 aromatic heterocycles. The SMILES string of the molecule is C=C(N=C(/C=C(/C)N)C(=O)OC)SC. The second kappa shape index (κ2) is 6.26. The van der Waals surface area contributed by atoms with Gasteiger partial charge in [-0.1, -0.05) is 6.58 Å². The summed E-state index contributed by atoms with van der Waals surface area (Å²) in [7, 11) is 1.29. The molecule has 0 aromatic rings. The Morgan fingerprint density at radius 2 is 2.21 bits per heavy atom. The molecular weight excluding hydrogens is 200 g/mol. The fourth-order valence-electron chi connectivity index (χ4n) is 0.637. The molecule has 0 saturated carbocycles. The fraction of sp³-hybridized carbons (Fsp3) is 0.333. The molecule has 0 heterocycles. The van der Waals surface area contributed by atoms with Crippen molar-refractivity contribution in [3.63, 3.8) is 0 Å². The number of thioether (sulfide) groups is 1. The van der Waals surface area contributed by atoms with Crippen molar-refractivity contribution in [1.29, 1.82) is 0 Å². The van der Waals surface area contributed by atoms with Crippen LogP contribution in [0.1, 0.15) is 6.92 Å². The van der Waals surface area contributed by atoms with Crippen molar-refractivity contribution in [1.82, 2.24) is 0 Å². The Balaban J connectivity index is 4.91. The summed E-state index contributed by atoms with van der Waals surface area (Å²) in [4.78, 5) is 15.2. The molecule has 0 amide bonds. The van der Waals surface area contributed by atoms with Crippen molar-refractivity contribution in [2.24, 2.45) is 10.7 Å². The maximum absolute atomic E-state index is 11.2. The number of aliphatic imine (C=N–C) groups is 1. The minimum absolute atomic E-state index is 0.159. The number of ether oxygens (including phenoxy) is 1. The summed E-state index contributed by atoms with van der Waals surface area (Å²) in [6.07, 6.45) is 3.27. The van der Waals surface area contributed by atoms with Crippen LogP contribution in [-0.4, -0.2) is 25.0 Å². The van der Waals surface area contributed by atoms with Gasteiger partial charge in [0.1, 0.15) is 0 Å². The van der Waals surface area contributed by atoms with Crippen molar-refractivity contribution in [3.8, 4) is 0 Å². The topological polar surface area (TPSA) is 64.7 Å². The zero-order chi connectivity index (χ0) is 11.1. The quantitative estimate of drug-likeness (QED) is 0.566. The van der Waals surface area contributed by atoms with E-state index < -0.39 is 5.97 Å². The minimum Gasteiger partial charge on any atom is -0.464 e. The van der Waals surface area contributed by atoms with Crippen LogP contribution in [-0.2, 0) is 9.53 Å². The Hall–Kier alpha value is -1.23. The van der Waals surface area contributed by atoms with Crippen LogP contribution in [0.4, 0.5) is 0 Å². The maximum Gasteiger partial charge on any atom is 0.356 e. The molecule has 78 valence electrons. The van der Waals surface area contributed by atoms with E-state index in [9.17, 15) is 4.79 Å². The van der Waals surface area contributed by atoms with Crippen molar-refractivity contribution < 1.29 is 9.53 Å². The van der Waals surface area contributed by atoms with Crippen LogP contribution in [0.15, 0.2) is 28.4 Å². The molecule has 5 heteroatoms. The van der Waals surface area contributed by atoms with E-state index in [1.807, 2.05) is 6.26 Å². The van der Waals surface area contributed by atoms with Crippen molar-refractivity contribution in [3.05, 3.63) is 23.4 Å². The Kier molecular flexibility index (Phi) is 5.71. The minimum atomic E-state index is -0.523. The lowest BCUT2D eigenvalue weighted by atomic mass is 10.3. The summed E-state index contributed by atoms with van der Waals surface area (Å²) in [5, 5.41) is 0.530. The largest absolute Gasteiger partial charge is 0.464 e. The van der Waals surface area contributed by atoms with E-state index in [0.29, 0.717) is 10.7 Å². The number of carbonyl (C=O) groups excluding carboxylic acids is 1. The van der Waals surface area contributed by atoms with Crippen molar-refractivity contribution >= 4 is 23.4 Å². The van der Waals surface area contributed by atoms with Gasteiger partial charge in [-0.2, -0.15) is 0 Å².